The predicted molar refractivity (Wildman–Crippen MR) is 78.0 cm³/mol. The van der Waals surface area contributed by atoms with Crippen LogP contribution < -0.4 is 5.32 Å². The number of carbonyl (C=O) groups is 1. The molecule has 1 aromatic carbocycles. The second-order valence-electron chi connectivity index (χ2n) is 5.20. The number of H-pyrrole nitrogens is 1. The topological polar surface area (TPSA) is 44.9 Å². The highest BCUT2D eigenvalue weighted by Crippen LogP contribution is 2.29. The minimum atomic E-state index is 0.137. The number of hydrogen-bond acceptors (Lipinski definition) is 2. The number of halogens is 1. The minimum Gasteiger partial charge on any atom is -0.358 e. The molecule has 19 heavy (non-hydrogen) atoms. The SMILES string of the molecule is Cc1[nH]c2ccc(Cl)cc2c1C(=O)C1CCNCC1. The molecule has 4 heteroatoms. The first-order valence-corrected chi connectivity index (χ1v) is 7.07. The summed E-state index contributed by atoms with van der Waals surface area (Å²) in [5.41, 5.74) is 2.75. The van der Waals surface area contributed by atoms with Gasteiger partial charge in [0.25, 0.3) is 0 Å². The molecular weight excluding hydrogens is 260 g/mol. The zero-order chi connectivity index (χ0) is 13.4. The number of aryl methyl sites for hydroxylation is 1. The van der Waals surface area contributed by atoms with Gasteiger partial charge in [0.05, 0.1) is 0 Å². The molecule has 1 aliphatic heterocycles. The van der Waals surface area contributed by atoms with E-state index in [9.17, 15) is 4.79 Å². The molecule has 0 unspecified atom stereocenters. The van der Waals surface area contributed by atoms with Crippen molar-refractivity contribution in [3.8, 4) is 0 Å². The Hall–Kier alpha value is -1.32. The van der Waals surface area contributed by atoms with E-state index in [1.807, 2.05) is 25.1 Å². The molecule has 0 radical (unpaired) electrons. The Kier molecular flexibility index (Phi) is 3.33. The van der Waals surface area contributed by atoms with Crippen LogP contribution in [0.4, 0.5) is 0 Å². The average molecular weight is 277 g/mol. The van der Waals surface area contributed by atoms with Crippen molar-refractivity contribution < 1.29 is 4.79 Å². The summed E-state index contributed by atoms with van der Waals surface area (Å²) in [6, 6.07) is 5.66. The van der Waals surface area contributed by atoms with Gasteiger partial charge in [0.15, 0.2) is 5.78 Å². The van der Waals surface area contributed by atoms with Crippen molar-refractivity contribution in [3.05, 3.63) is 34.5 Å². The number of hydrogen-bond donors (Lipinski definition) is 2. The molecule has 0 aliphatic carbocycles. The molecule has 2 N–H and O–H groups in total. The Morgan fingerprint density at radius 1 is 1.32 bits per heavy atom. The van der Waals surface area contributed by atoms with E-state index < -0.39 is 0 Å². The third kappa shape index (κ3) is 2.28. The average Bonchev–Trinajstić information content (AvgIpc) is 2.74. The highest BCUT2D eigenvalue weighted by molar-refractivity contribution is 6.31. The Bertz CT molecular complexity index is 626. The normalized spacial score (nSPS) is 16.9. The molecule has 0 amide bonds. The van der Waals surface area contributed by atoms with Crippen LogP contribution in [0.3, 0.4) is 0 Å². The van der Waals surface area contributed by atoms with Gasteiger partial charge in [0.1, 0.15) is 0 Å². The van der Waals surface area contributed by atoms with Crippen molar-refractivity contribution in [1.82, 2.24) is 10.3 Å². The molecule has 1 aromatic heterocycles. The number of fused-ring (bicyclic) bond motifs is 1. The molecule has 3 rings (SSSR count). The summed E-state index contributed by atoms with van der Waals surface area (Å²) in [5, 5.41) is 4.92. The van der Waals surface area contributed by atoms with Gasteiger partial charge in [-0.3, -0.25) is 4.79 Å². The summed E-state index contributed by atoms with van der Waals surface area (Å²) in [4.78, 5) is 16.0. The fourth-order valence-electron chi connectivity index (χ4n) is 2.90. The summed E-state index contributed by atoms with van der Waals surface area (Å²) in [7, 11) is 0. The molecule has 1 aliphatic rings. The molecule has 100 valence electrons. The maximum Gasteiger partial charge on any atom is 0.168 e. The number of piperidine rings is 1. The van der Waals surface area contributed by atoms with E-state index in [-0.39, 0.29) is 11.7 Å². The largest absolute Gasteiger partial charge is 0.358 e. The minimum absolute atomic E-state index is 0.137. The number of benzene rings is 1. The fraction of sp³-hybridized carbons (Fsp3) is 0.400. The summed E-state index contributed by atoms with van der Waals surface area (Å²) in [6.07, 6.45) is 1.84. The predicted octanol–water partition coefficient (Wildman–Crippen LogP) is 3.31. The van der Waals surface area contributed by atoms with Crippen LogP contribution in [0.1, 0.15) is 28.9 Å². The van der Waals surface area contributed by atoms with E-state index in [0.717, 1.165) is 48.1 Å². The molecule has 2 aromatic rings. The van der Waals surface area contributed by atoms with Gasteiger partial charge in [-0.2, -0.15) is 0 Å². The number of carbonyl (C=O) groups excluding carboxylic acids is 1. The lowest BCUT2D eigenvalue weighted by Crippen LogP contribution is -2.32. The molecule has 0 spiro atoms. The third-order valence-electron chi connectivity index (χ3n) is 3.90. The number of aromatic amines is 1. The number of Topliss-reactive ketones (excluding diaryl/α,β-unsaturated/α-hetero) is 1. The van der Waals surface area contributed by atoms with E-state index in [1.165, 1.54) is 0 Å². The summed E-state index contributed by atoms with van der Waals surface area (Å²) in [6.45, 7) is 3.82. The van der Waals surface area contributed by atoms with Gasteiger partial charge in [0, 0.05) is 33.1 Å². The standard InChI is InChI=1S/C15H17ClN2O/c1-9-14(15(19)10-4-6-17-7-5-10)12-8-11(16)2-3-13(12)18-9/h2-3,8,10,17-18H,4-7H2,1H3. The van der Waals surface area contributed by atoms with Crippen LogP contribution in [0.5, 0.6) is 0 Å². The Morgan fingerprint density at radius 2 is 2.05 bits per heavy atom. The van der Waals surface area contributed by atoms with Crippen molar-refractivity contribution in [3.63, 3.8) is 0 Å². The molecule has 1 fully saturated rings. The molecule has 0 atom stereocenters. The quantitative estimate of drug-likeness (QED) is 0.827. The first kappa shape index (κ1) is 12.7. The first-order valence-electron chi connectivity index (χ1n) is 6.69. The lowest BCUT2D eigenvalue weighted by atomic mass is 9.88. The van der Waals surface area contributed by atoms with Crippen molar-refractivity contribution in [1.29, 1.82) is 0 Å². The van der Waals surface area contributed by atoms with E-state index in [0.29, 0.717) is 5.02 Å². The summed E-state index contributed by atoms with van der Waals surface area (Å²) in [5.74, 6) is 0.394. The number of ketones is 1. The van der Waals surface area contributed by atoms with Crippen LogP contribution in [0.2, 0.25) is 5.02 Å². The van der Waals surface area contributed by atoms with Crippen LogP contribution in [0.25, 0.3) is 10.9 Å². The van der Waals surface area contributed by atoms with E-state index >= 15 is 0 Å². The Labute approximate surface area is 117 Å². The molecule has 0 bridgehead atoms. The zero-order valence-electron chi connectivity index (χ0n) is 10.9. The van der Waals surface area contributed by atoms with Crippen LogP contribution >= 0.6 is 11.6 Å². The Balaban J connectivity index is 2.05. The monoisotopic (exact) mass is 276 g/mol. The number of rotatable bonds is 2. The zero-order valence-corrected chi connectivity index (χ0v) is 11.7. The second-order valence-corrected chi connectivity index (χ2v) is 5.64. The van der Waals surface area contributed by atoms with E-state index in [1.54, 1.807) is 0 Å². The van der Waals surface area contributed by atoms with Gasteiger partial charge >= 0.3 is 0 Å². The highest BCUT2D eigenvalue weighted by atomic mass is 35.5. The van der Waals surface area contributed by atoms with Gasteiger partial charge in [-0.25, -0.2) is 0 Å². The second kappa shape index (κ2) is 4.99. The lowest BCUT2D eigenvalue weighted by molar-refractivity contribution is 0.0896. The van der Waals surface area contributed by atoms with E-state index in [4.69, 9.17) is 11.6 Å². The molecule has 1 saturated heterocycles. The number of aromatic nitrogens is 1. The smallest absolute Gasteiger partial charge is 0.168 e. The van der Waals surface area contributed by atoms with Crippen molar-refractivity contribution >= 4 is 28.3 Å². The van der Waals surface area contributed by atoms with Crippen LogP contribution in [-0.4, -0.2) is 23.9 Å². The number of nitrogens with one attached hydrogen (secondary N) is 2. The molecular formula is C15H17ClN2O. The third-order valence-corrected chi connectivity index (χ3v) is 4.14. The van der Waals surface area contributed by atoms with Crippen LogP contribution in [0, 0.1) is 12.8 Å². The van der Waals surface area contributed by atoms with Gasteiger partial charge in [-0.05, 0) is 51.1 Å². The molecule has 2 heterocycles. The summed E-state index contributed by atoms with van der Waals surface area (Å²) < 4.78 is 0. The van der Waals surface area contributed by atoms with Crippen LogP contribution in [-0.2, 0) is 0 Å². The maximum absolute atomic E-state index is 12.7. The van der Waals surface area contributed by atoms with Gasteiger partial charge in [-0.15, -0.1) is 0 Å². The van der Waals surface area contributed by atoms with Gasteiger partial charge < -0.3 is 10.3 Å². The van der Waals surface area contributed by atoms with Crippen LogP contribution in [0.15, 0.2) is 18.2 Å². The molecule has 0 saturated carbocycles. The van der Waals surface area contributed by atoms with Crippen molar-refractivity contribution in [2.24, 2.45) is 5.92 Å². The molecule has 3 nitrogen and oxygen atoms in total. The Morgan fingerprint density at radius 3 is 2.79 bits per heavy atom. The fourth-order valence-corrected chi connectivity index (χ4v) is 3.08. The first-order chi connectivity index (χ1) is 9.16. The van der Waals surface area contributed by atoms with Crippen molar-refractivity contribution in [2.45, 2.75) is 19.8 Å². The lowest BCUT2D eigenvalue weighted by Gasteiger charge is -2.21. The van der Waals surface area contributed by atoms with E-state index in [2.05, 4.69) is 10.3 Å². The highest BCUT2D eigenvalue weighted by Gasteiger charge is 2.26. The summed E-state index contributed by atoms with van der Waals surface area (Å²) >= 11 is 6.06. The van der Waals surface area contributed by atoms with Gasteiger partial charge in [-0.1, -0.05) is 11.6 Å². The van der Waals surface area contributed by atoms with Gasteiger partial charge in [0.2, 0.25) is 0 Å². The van der Waals surface area contributed by atoms with Crippen molar-refractivity contribution in [2.75, 3.05) is 13.1 Å². The maximum atomic E-state index is 12.7.